The van der Waals surface area contributed by atoms with Gasteiger partial charge in [0, 0.05) is 10.7 Å². The van der Waals surface area contributed by atoms with Gasteiger partial charge in [-0.3, -0.25) is 4.79 Å². The second-order valence-corrected chi connectivity index (χ2v) is 7.86. The highest BCUT2D eigenvalue weighted by atomic mass is 79.9. The van der Waals surface area contributed by atoms with Gasteiger partial charge in [0.25, 0.3) is 5.91 Å². The predicted octanol–water partition coefficient (Wildman–Crippen LogP) is 6.49. The highest BCUT2D eigenvalue weighted by molar-refractivity contribution is 9.10. The van der Waals surface area contributed by atoms with Crippen LogP contribution >= 0.6 is 27.5 Å². The number of carbonyl (C=O) groups is 1. The first-order chi connectivity index (χ1) is 14.4. The maximum Gasteiger partial charge on any atom is 0.262 e. The van der Waals surface area contributed by atoms with E-state index < -0.39 is 0 Å². The summed E-state index contributed by atoms with van der Waals surface area (Å²) in [6, 6.07) is 22.3. The molecule has 1 N–H and O–H groups in total. The Hall–Kier alpha value is -3.07. The van der Waals surface area contributed by atoms with Crippen LogP contribution in [0.1, 0.15) is 16.7 Å². The minimum absolute atomic E-state index is 0.136. The van der Waals surface area contributed by atoms with Crippen LogP contribution in [0.2, 0.25) is 5.02 Å². The zero-order valence-electron chi connectivity index (χ0n) is 16.2. The van der Waals surface area contributed by atoms with Gasteiger partial charge in [0.2, 0.25) is 0 Å². The SMILES string of the molecule is Cc1ccc(/C(C#N)=C/c2ccc(OCC(=O)Nc3ccc(Cl)cc3)c(Br)c2)cc1. The molecular formula is C24H18BrClN2O2. The van der Waals surface area contributed by atoms with E-state index in [-0.39, 0.29) is 12.5 Å². The fourth-order valence-corrected chi connectivity index (χ4v) is 3.31. The van der Waals surface area contributed by atoms with Crippen molar-refractivity contribution in [3.8, 4) is 11.8 Å². The average molecular weight is 482 g/mol. The molecule has 4 nitrogen and oxygen atoms in total. The van der Waals surface area contributed by atoms with Crippen LogP contribution in [0.25, 0.3) is 11.6 Å². The Kier molecular flexibility index (Phi) is 7.29. The Labute approximate surface area is 188 Å². The van der Waals surface area contributed by atoms with E-state index in [0.29, 0.717) is 26.5 Å². The molecule has 30 heavy (non-hydrogen) atoms. The van der Waals surface area contributed by atoms with Gasteiger partial charge >= 0.3 is 0 Å². The molecule has 0 radical (unpaired) electrons. The van der Waals surface area contributed by atoms with Crippen molar-refractivity contribution in [2.24, 2.45) is 0 Å². The van der Waals surface area contributed by atoms with Crippen molar-refractivity contribution >= 4 is 50.8 Å². The van der Waals surface area contributed by atoms with Crippen LogP contribution in [0.5, 0.6) is 5.75 Å². The van der Waals surface area contributed by atoms with Gasteiger partial charge in [-0.2, -0.15) is 5.26 Å². The zero-order valence-corrected chi connectivity index (χ0v) is 18.5. The number of amides is 1. The van der Waals surface area contributed by atoms with Gasteiger partial charge in [-0.05, 0) is 76.5 Å². The lowest BCUT2D eigenvalue weighted by Gasteiger charge is -2.10. The second-order valence-electron chi connectivity index (χ2n) is 6.57. The van der Waals surface area contributed by atoms with Gasteiger partial charge in [0.15, 0.2) is 6.61 Å². The highest BCUT2D eigenvalue weighted by Crippen LogP contribution is 2.28. The molecule has 3 rings (SSSR count). The molecule has 150 valence electrons. The summed E-state index contributed by atoms with van der Waals surface area (Å²) in [7, 11) is 0. The normalized spacial score (nSPS) is 10.9. The maximum atomic E-state index is 12.1. The van der Waals surface area contributed by atoms with Gasteiger partial charge in [0.1, 0.15) is 5.75 Å². The number of nitrogens with zero attached hydrogens (tertiary/aromatic N) is 1. The van der Waals surface area contributed by atoms with E-state index in [1.165, 1.54) is 0 Å². The molecule has 3 aromatic carbocycles. The Morgan fingerprint density at radius 3 is 2.47 bits per heavy atom. The van der Waals surface area contributed by atoms with Crippen molar-refractivity contribution in [1.29, 1.82) is 5.26 Å². The van der Waals surface area contributed by atoms with Gasteiger partial charge < -0.3 is 10.1 Å². The van der Waals surface area contributed by atoms with E-state index in [1.54, 1.807) is 30.3 Å². The molecule has 0 unspecified atom stereocenters. The van der Waals surface area contributed by atoms with Crippen LogP contribution in [0, 0.1) is 18.3 Å². The predicted molar refractivity (Wildman–Crippen MR) is 124 cm³/mol. The first kappa shape index (κ1) is 21.6. The summed E-state index contributed by atoms with van der Waals surface area (Å²) in [6.45, 7) is 1.87. The van der Waals surface area contributed by atoms with Crippen LogP contribution in [0.4, 0.5) is 5.69 Å². The highest BCUT2D eigenvalue weighted by Gasteiger charge is 2.08. The molecule has 0 atom stereocenters. The van der Waals surface area contributed by atoms with E-state index in [2.05, 4.69) is 27.3 Å². The van der Waals surface area contributed by atoms with Gasteiger partial charge in [-0.15, -0.1) is 0 Å². The number of halogens is 2. The Bertz CT molecular complexity index is 1120. The number of anilines is 1. The molecule has 0 aliphatic rings. The monoisotopic (exact) mass is 480 g/mol. The number of hydrogen-bond acceptors (Lipinski definition) is 3. The van der Waals surface area contributed by atoms with Gasteiger partial charge in [-0.1, -0.05) is 47.5 Å². The molecule has 0 heterocycles. The number of carbonyl (C=O) groups excluding carboxylic acids is 1. The third kappa shape index (κ3) is 5.96. The van der Waals surface area contributed by atoms with E-state index in [9.17, 15) is 10.1 Å². The summed E-state index contributed by atoms with van der Waals surface area (Å²) in [5, 5.41) is 12.9. The number of hydrogen-bond donors (Lipinski definition) is 1. The smallest absolute Gasteiger partial charge is 0.262 e. The van der Waals surface area contributed by atoms with Crippen LogP contribution < -0.4 is 10.1 Å². The zero-order chi connectivity index (χ0) is 21.5. The first-order valence-corrected chi connectivity index (χ1v) is 10.3. The Morgan fingerprint density at radius 2 is 1.83 bits per heavy atom. The molecular weight excluding hydrogens is 464 g/mol. The Balaban J connectivity index is 1.66. The minimum atomic E-state index is -0.278. The van der Waals surface area contributed by atoms with Gasteiger partial charge in [0.05, 0.1) is 16.1 Å². The molecule has 0 aliphatic carbocycles. The lowest BCUT2D eigenvalue weighted by Crippen LogP contribution is -2.20. The minimum Gasteiger partial charge on any atom is -0.483 e. The molecule has 6 heteroatoms. The number of rotatable bonds is 6. The van der Waals surface area contributed by atoms with Crippen molar-refractivity contribution in [2.45, 2.75) is 6.92 Å². The fourth-order valence-electron chi connectivity index (χ4n) is 2.68. The van der Waals surface area contributed by atoms with Crippen LogP contribution in [0.3, 0.4) is 0 Å². The molecule has 0 aromatic heterocycles. The lowest BCUT2D eigenvalue weighted by atomic mass is 10.0. The average Bonchev–Trinajstić information content (AvgIpc) is 2.74. The van der Waals surface area contributed by atoms with Crippen molar-refractivity contribution in [2.75, 3.05) is 11.9 Å². The molecule has 0 saturated heterocycles. The molecule has 3 aromatic rings. The Morgan fingerprint density at radius 1 is 1.13 bits per heavy atom. The summed E-state index contributed by atoms with van der Waals surface area (Å²) >= 11 is 9.30. The summed E-state index contributed by atoms with van der Waals surface area (Å²) in [5.74, 6) is 0.256. The van der Waals surface area contributed by atoms with Crippen LogP contribution in [0.15, 0.2) is 71.2 Å². The largest absolute Gasteiger partial charge is 0.483 e. The second kappa shape index (κ2) is 10.1. The summed E-state index contributed by atoms with van der Waals surface area (Å²) in [4.78, 5) is 12.1. The van der Waals surface area contributed by atoms with Crippen LogP contribution in [-0.2, 0) is 4.79 Å². The number of benzene rings is 3. The quantitative estimate of drug-likeness (QED) is 0.323. The van der Waals surface area contributed by atoms with E-state index in [0.717, 1.165) is 16.7 Å². The fraction of sp³-hybridized carbons (Fsp3) is 0.0833. The van der Waals surface area contributed by atoms with E-state index >= 15 is 0 Å². The number of aryl methyl sites for hydroxylation is 1. The van der Waals surface area contributed by atoms with E-state index in [4.69, 9.17) is 16.3 Å². The number of nitrogens with one attached hydrogen (secondary N) is 1. The number of nitriles is 1. The van der Waals surface area contributed by atoms with Crippen molar-refractivity contribution in [3.05, 3.63) is 92.9 Å². The topological polar surface area (TPSA) is 62.1 Å². The third-order valence-corrected chi connectivity index (χ3v) is 5.11. The lowest BCUT2D eigenvalue weighted by molar-refractivity contribution is -0.118. The molecule has 0 fully saturated rings. The molecule has 0 bridgehead atoms. The summed E-state index contributed by atoms with van der Waals surface area (Å²) < 4.78 is 6.30. The number of ether oxygens (including phenoxy) is 1. The van der Waals surface area contributed by atoms with Crippen molar-refractivity contribution in [1.82, 2.24) is 0 Å². The summed E-state index contributed by atoms with van der Waals surface area (Å²) in [5.41, 5.74) is 4.06. The standard InChI is InChI=1S/C24H18BrClN2O2/c1-16-2-5-18(6-3-16)19(14-27)12-17-4-11-23(22(25)13-17)30-15-24(29)28-21-9-7-20(26)8-10-21/h2-13H,15H2,1H3,(H,28,29)/b19-12+. The molecule has 0 aliphatic heterocycles. The van der Waals surface area contributed by atoms with E-state index in [1.807, 2.05) is 49.4 Å². The van der Waals surface area contributed by atoms with Gasteiger partial charge in [-0.25, -0.2) is 0 Å². The number of allylic oxidation sites excluding steroid dienone is 1. The molecule has 0 saturated carbocycles. The third-order valence-electron chi connectivity index (χ3n) is 4.24. The summed E-state index contributed by atoms with van der Waals surface area (Å²) in [6.07, 6.45) is 1.81. The first-order valence-electron chi connectivity index (χ1n) is 9.11. The maximum absolute atomic E-state index is 12.1. The van der Waals surface area contributed by atoms with Crippen molar-refractivity contribution < 1.29 is 9.53 Å². The molecule has 1 amide bonds. The van der Waals surface area contributed by atoms with Crippen molar-refractivity contribution in [3.63, 3.8) is 0 Å². The molecule has 0 spiro atoms. The van der Waals surface area contributed by atoms with Crippen LogP contribution in [-0.4, -0.2) is 12.5 Å².